The lowest BCUT2D eigenvalue weighted by Crippen LogP contribution is -2.49. The SMILES string of the molecule is O=C(c1ccccc1S(=O)(=O)C(F)F)N1CCN(CCF)CC1. The number of rotatable bonds is 5. The van der Waals surface area contributed by atoms with Gasteiger partial charge in [-0.2, -0.15) is 8.78 Å². The van der Waals surface area contributed by atoms with Crippen molar-refractivity contribution < 1.29 is 26.4 Å². The third-order valence-corrected chi connectivity index (χ3v) is 5.16. The van der Waals surface area contributed by atoms with Crippen molar-refractivity contribution in [1.29, 1.82) is 0 Å². The minimum absolute atomic E-state index is 0.258. The summed E-state index contributed by atoms with van der Waals surface area (Å²) in [5.41, 5.74) is -0.258. The molecule has 128 valence electrons. The van der Waals surface area contributed by atoms with Crippen LogP contribution < -0.4 is 0 Å². The topological polar surface area (TPSA) is 57.7 Å². The Morgan fingerprint density at radius 1 is 1.13 bits per heavy atom. The first-order valence-electron chi connectivity index (χ1n) is 7.06. The molecule has 1 aromatic carbocycles. The number of hydrogen-bond donors (Lipinski definition) is 0. The van der Waals surface area contributed by atoms with Gasteiger partial charge in [-0.1, -0.05) is 12.1 Å². The number of amides is 1. The molecule has 1 aromatic rings. The van der Waals surface area contributed by atoms with E-state index in [1.165, 1.54) is 23.1 Å². The molecule has 1 heterocycles. The largest absolute Gasteiger partial charge is 0.341 e. The van der Waals surface area contributed by atoms with E-state index in [0.29, 0.717) is 26.2 Å². The van der Waals surface area contributed by atoms with Gasteiger partial charge in [0.05, 0.1) is 10.5 Å². The number of piperazine rings is 1. The molecule has 2 rings (SSSR count). The molecule has 0 bridgehead atoms. The summed E-state index contributed by atoms with van der Waals surface area (Å²) in [5, 5.41) is 0. The monoisotopic (exact) mass is 350 g/mol. The normalized spacial score (nSPS) is 16.8. The molecule has 9 heteroatoms. The number of benzene rings is 1. The third kappa shape index (κ3) is 3.84. The van der Waals surface area contributed by atoms with Crippen molar-refractivity contribution in [1.82, 2.24) is 9.80 Å². The zero-order valence-electron chi connectivity index (χ0n) is 12.3. The number of alkyl halides is 3. The predicted molar refractivity (Wildman–Crippen MR) is 78.0 cm³/mol. The highest BCUT2D eigenvalue weighted by atomic mass is 32.2. The number of carbonyl (C=O) groups excluding carboxylic acids is 1. The lowest BCUT2D eigenvalue weighted by atomic mass is 10.2. The van der Waals surface area contributed by atoms with Gasteiger partial charge in [-0.05, 0) is 12.1 Å². The maximum Gasteiger partial charge on any atom is 0.341 e. The molecule has 0 N–H and O–H groups in total. The molecule has 1 aliphatic heterocycles. The van der Waals surface area contributed by atoms with E-state index in [1.807, 2.05) is 4.90 Å². The van der Waals surface area contributed by atoms with Gasteiger partial charge >= 0.3 is 5.76 Å². The van der Waals surface area contributed by atoms with E-state index in [2.05, 4.69) is 0 Å². The summed E-state index contributed by atoms with van der Waals surface area (Å²) in [5.74, 6) is -4.19. The van der Waals surface area contributed by atoms with Gasteiger partial charge in [0, 0.05) is 32.7 Å². The second kappa shape index (κ2) is 7.31. The van der Waals surface area contributed by atoms with Gasteiger partial charge in [0.15, 0.2) is 0 Å². The van der Waals surface area contributed by atoms with Crippen molar-refractivity contribution in [2.45, 2.75) is 10.7 Å². The van der Waals surface area contributed by atoms with Gasteiger partial charge in [-0.3, -0.25) is 9.69 Å². The van der Waals surface area contributed by atoms with Crippen molar-refractivity contribution in [2.75, 3.05) is 39.4 Å². The fourth-order valence-corrected chi connectivity index (χ4v) is 3.37. The smallest absolute Gasteiger partial charge is 0.336 e. The molecule has 1 saturated heterocycles. The zero-order valence-corrected chi connectivity index (χ0v) is 13.1. The fourth-order valence-electron chi connectivity index (χ4n) is 2.45. The van der Waals surface area contributed by atoms with Crippen molar-refractivity contribution in [3.63, 3.8) is 0 Å². The van der Waals surface area contributed by atoms with E-state index >= 15 is 0 Å². The Hall–Kier alpha value is -1.61. The van der Waals surface area contributed by atoms with Gasteiger partial charge in [-0.25, -0.2) is 12.8 Å². The first-order valence-corrected chi connectivity index (χ1v) is 8.61. The Morgan fingerprint density at radius 2 is 1.74 bits per heavy atom. The van der Waals surface area contributed by atoms with Crippen LogP contribution in [0.15, 0.2) is 29.2 Å². The van der Waals surface area contributed by atoms with Crippen LogP contribution in [0.3, 0.4) is 0 Å². The van der Waals surface area contributed by atoms with Crippen molar-refractivity contribution in [3.8, 4) is 0 Å². The summed E-state index contributed by atoms with van der Waals surface area (Å²) in [4.78, 5) is 15.1. The molecule has 23 heavy (non-hydrogen) atoms. The van der Waals surface area contributed by atoms with Gasteiger partial charge < -0.3 is 4.90 Å². The molecule has 0 atom stereocenters. The molecule has 1 fully saturated rings. The van der Waals surface area contributed by atoms with Gasteiger partial charge in [0.2, 0.25) is 9.84 Å². The summed E-state index contributed by atoms with van der Waals surface area (Å²) in [7, 11) is -4.85. The van der Waals surface area contributed by atoms with Gasteiger partial charge in [0.1, 0.15) is 6.67 Å². The van der Waals surface area contributed by atoms with E-state index in [1.54, 1.807) is 0 Å². The first-order chi connectivity index (χ1) is 10.9. The van der Waals surface area contributed by atoms with E-state index < -0.39 is 33.1 Å². The predicted octanol–water partition coefficient (Wildman–Crippen LogP) is 1.41. The quantitative estimate of drug-likeness (QED) is 0.806. The maximum atomic E-state index is 12.8. The zero-order chi connectivity index (χ0) is 17.0. The second-order valence-electron chi connectivity index (χ2n) is 5.12. The summed E-state index contributed by atoms with van der Waals surface area (Å²) >= 11 is 0. The summed E-state index contributed by atoms with van der Waals surface area (Å²) < 4.78 is 61.2. The number of carbonyl (C=O) groups is 1. The first kappa shape index (κ1) is 17.7. The van der Waals surface area contributed by atoms with Crippen LogP contribution in [0, 0.1) is 0 Å². The molecule has 0 spiro atoms. The summed E-state index contributed by atoms with van der Waals surface area (Å²) in [6.07, 6.45) is 0. The molecule has 1 amide bonds. The molecule has 0 radical (unpaired) electrons. The van der Waals surface area contributed by atoms with E-state index in [0.717, 1.165) is 6.07 Å². The standard InChI is InChI=1S/C14H17F3N2O3S/c15-5-6-18-7-9-19(10-8-18)13(20)11-3-1-2-4-12(11)23(21,22)14(16)17/h1-4,14H,5-10H2. The molecule has 0 saturated carbocycles. The van der Waals surface area contributed by atoms with Crippen LogP contribution in [0.2, 0.25) is 0 Å². The molecular formula is C14H17F3N2O3S. The minimum atomic E-state index is -4.85. The van der Waals surface area contributed by atoms with E-state index in [4.69, 9.17) is 0 Å². The molecule has 1 aliphatic rings. The Balaban J connectivity index is 2.22. The highest BCUT2D eigenvalue weighted by Crippen LogP contribution is 2.23. The van der Waals surface area contributed by atoms with Gasteiger partial charge in [0.25, 0.3) is 5.91 Å². The van der Waals surface area contributed by atoms with E-state index in [9.17, 15) is 26.4 Å². The Labute approximate surface area is 132 Å². The average molecular weight is 350 g/mol. The van der Waals surface area contributed by atoms with Crippen LogP contribution in [-0.2, 0) is 9.84 Å². The fraction of sp³-hybridized carbons (Fsp3) is 0.500. The maximum absolute atomic E-state index is 12.8. The minimum Gasteiger partial charge on any atom is -0.336 e. The van der Waals surface area contributed by atoms with Crippen LogP contribution in [-0.4, -0.2) is 69.3 Å². The van der Waals surface area contributed by atoms with Crippen molar-refractivity contribution in [3.05, 3.63) is 29.8 Å². The van der Waals surface area contributed by atoms with E-state index in [-0.39, 0.29) is 12.1 Å². The number of hydrogen-bond acceptors (Lipinski definition) is 4. The van der Waals surface area contributed by atoms with Gasteiger partial charge in [-0.15, -0.1) is 0 Å². The Morgan fingerprint density at radius 3 is 2.30 bits per heavy atom. The summed E-state index contributed by atoms with van der Waals surface area (Å²) in [6, 6.07) is 4.96. The number of sulfone groups is 1. The lowest BCUT2D eigenvalue weighted by molar-refractivity contribution is 0.0627. The van der Waals surface area contributed by atoms with Crippen molar-refractivity contribution in [2.24, 2.45) is 0 Å². The van der Waals surface area contributed by atoms with Crippen LogP contribution in [0.4, 0.5) is 13.2 Å². The van der Waals surface area contributed by atoms with Crippen LogP contribution in [0.5, 0.6) is 0 Å². The third-order valence-electron chi connectivity index (χ3n) is 3.72. The number of nitrogens with zero attached hydrogens (tertiary/aromatic N) is 2. The second-order valence-corrected chi connectivity index (χ2v) is 7.01. The highest BCUT2D eigenvalue weighted by molar-refractivity contribution is 7.91. The van der Waals surface area contributed by atoms with Crippen LogP contribution >= 0.6 is 0 Å². The molecule has 0 aliphatic carbocycles. The number of halogens is 3. The Bertz CT molecular complexity index is 659. The van der Waals surface area contributed by atoms with Crippen LogP contribution in [0.1, 0.15) is 10.4 Å². The van der Waals surface area contributed by atoms with Crippen molar-refractivity contribution >= 4 is 15.7 Å². The molecular weight excluding hydrogens is 333 g/mol. The molecule has 0 aromatic heterocycles. The highest BCUT2D eigenvalue weighted by Gasteiger charge is 2.32. The average Bonchev–Trinajstić information content (AvgIpc) is 2.55. The van der Waals surface area contributed by atoms with Crippen LogP contribution in [0.25, 0.3) is 0 Å². The Kier molecular flexibility index (Phi) is 5.64. The lowest BCUT2D eigenvalue weighted by Gasteiger charge is -2.34. The molecule has 5 nitrogen and oxygen atoms in total. The molecule has 0 unspecified atom stereocenters. The summed E-state index contributed by atoms with van der Waals surface area (Å²) in [6.45, 7) is 1.30.